The monoisotopic (exact) mass is 270 g/mol. The SMILES string of the molecule is CCOC(=O)c1sc(C2CNCCO2)nc1CC. The molecule has 5 nitrogen and oxygen atoms in total. The number of nitrogens with one attached hydrogen (secondary N) is 1. The van der Waals surface area contributed by atoms with Gasteiger partial charge >= 0.3 is 5.97 Å². The van der Waals surface area contributed by atoms with Gasteiger partial charge in [0.05, 0.1) is 18.9 Å². The van der Waals surface area contributed by atoms with Crippen LogP contribution in [0.5, 0.6) is 0 Å². The molecule has 6 heteroatoms. The second-order valence-electron chi connectivity index (χ2n) is 3.97. The van der Waals surface area contributed by atoms with Crippen molar-refractivity contribution in [3.05, 3.63) is 15.6 Å². The van der Waals surface area contributed by atoms with Crippen molar-refractivity contribution in [3.8, 4) is 0 Å². The molecular weight excluding hydrogens is 252 g/mol. The van der Waals surface area contributed by atoms with Crippen molar-refractivity contribution in [3.63, 3.8) is 0 Å². The van der Waals surface area contributed by atoms with Gasteiger partial charge in [0.25, 0.3) is 0 Å². The van der Waals surface area contributed by atoms with E-state index < -0.39 is 0 Å². The van der Waals surface area contributed by atoms with E-state index in [1.165, 1.54) is 11.3 Å². The minimum absolute atomic E-state index is 0.0442. The number of carbonyl (C=O) groups excluding carboxylic acids is 1. The topological polar surface area (TPSA) is 60.5 Å². The van der Waals surface area contributed by atoms with Crippen molar-refractivity contribution in [1.82, 2.24) is 10.3 Å². The summed E-state index contributed by atoms with van der Waals surface area (Å²) >= 11 is 1.39. The number of thiazole rings is 1. The molecule has 1 aromatic rings. The zero-order valence-electron chi connectivity index (χ0n) is 10.7. The van der Waals surface area contributed by atoms with E-state index >= 15 is 0 Å². The first-order valence-electron chi connectivity index (χ1n) is 6.25. The number of nitrogens with zero attached hydrogens (tertiary/aromatic N) is 1. The van der Waals surface area contributed by atoms with E-state index in [1.54, 1.807) is 6.92 Å². The lowest BCUT2D eigenvalue weighted by molar-refractivity contribution is 0.0275. The zero-order chi connectivity index (χ0) is 13.0. The van der Waals surface area contributed by atoms with E-state index in [-0.39, 0.29) is 12.1 Å². The quantitative estimate of drug-likeness (QED) is 0.841. The molecule has 0 bridgehead atoms. The van der Waals surface area contributed by atoms with E-state index in [2.05, 4.69) is 10.3 Å². The minimum Gasteiger partial charge on any atom is -0.462 e. The van der Waals surface area contributed by atoms with Gasteiger partial charge in [-0.15, -0.1) is 11.3 Å². The lowest BCUT2D eigenvalue weighted by Gasteiger charge is -2.21. The highest BCUT2D eigenvalue weighted by Crippen LogP contribution is 2.28. The average Bonchev–Trinajstić information content (AvgIpc) is 2.84. The number of hydrogen-bond donors (Lipinski definition) is 1. The number of rotatable bonds is 4. The molecule has 0 aromatic carbocycles. The Kier molecular flexibility index (Phi) is 4.68. The van der Waals surface area contributed by atoms with Gasteiger partial charge in [0.15, 0.2) is 0 Å². The van der Waals surface area contributed by atoms with Gasteiger partial charge in [-0.05, 0) is 13.3 Å². The number of ether oxygens (including phenoxy) is 2. The van der Waals surface area contributed by atoms with Crippen LogP contribution in [0.15, 0.2) is 0 Å². The Hall–Kier alpha value is -0.980. The van der Waals surface area contributed by atoms with Crippen LogP contribution >= 0.6 is 11.3 Å². The summed E-state index contributed by atoms with van der Waals surface area (Å²) in [4.78, 5) is 16.9. The summed E-state index contributed by atoms with van der Waals surface area (Å²) in [6, 6.07) is 0. The lowest BCUT2D eigenvalue weighted by Crippen LogP contribution is -2.33. The van der Waals surface area contributed by atoms with Crippen LogP contribution in [0.25, 0.3) is 0 Å². The minimum atomic E-state index is -0.276. The van der Waals surface area contributed by atoms with Crippen molar-refractivity contribution in [2.75, 3.05) is 26.3 Å². The van der Waals surface area contributed by atoms with Crippen molar-refractivity contribution in [2.24, 2.45) is 0 Å². The van der Waals surface area contributed by atoms with Crippen molar-refractivity contribution in [2.45, 2.75) is 26.4 Å². The van der Waals surface area contributed by atoms with Crippen LogP contribution in [0.2, 0.25) is 0 Å². The molecule has 0 spiro atoms. The summed E-state index contributed by atoms with van der Waals surface area (Å²) in [6.07, 6.45) is 0.683. The third kappa shape index (κ3) is 2.88. The van der Waals surface area contributed by atoms with E-state index in [4.69, 9.17) is 9.47 Å². The second kappa shape index (κ2) is 6.26. The molecule has 18 heavy (non-hydrogen) atoms. The van der Waals surface area contributed by atoms with Crippen LogP contribution in [0.1, 0.15) is 40.3 Å². The largest absolute Gasteiger partial charge is 0.462 e. The predicted octanol–water partition coefficient (Wildman–Crippen LogP) is 1.54. The van der Waals surface area contributed by atoms with Crippen LogP contribution in [0.4, 0.5) is 0 Å². The summed E-state index contributed by atoms with van der Waals surface area (Å²) in [5.41, 5.74) is 0.808. The first kappa shape index (κ1) is 13.5. The Labute approximate surface area is 111 Å². The standard InChI is InChI=1S/C12H18N2O3S/c1-3-8-10(12(15)16-4-2)18-11(14-8)9-7-13-5-6-17-9/h9,13H,3-7H2,1-2H3. The van der Waals surface area contributed by atoms with Crippen LogP contribution in [0.3, 0.4) is 0 Å². The molecule has 0 aliphatic carbocycles. The first-order valence-corrected chi connectivity index (χ1v) is 7.07. The van der Waals surface area contributed by atoms with Gasteiger partial charge in [0.1, 0.15) is 16.0 Å². The van der Waals surface area contributed by atoms with E-state index in [1.807, 2.05) is 6.92 Å². The maximum atomic E-state index is 11.8. The third-order valence-corrected chi connectivity index (χ3v) is 3.88. The highest BCUT2D eigenvalue weighted by Gasteiger charge is 2.24. The Morgan fingerprint density at radius 1 is 1.61 bits per heavy atom. The van der Waals surface area contributed by atoms with Gasteiger partial charge in [-0.25, -0.2) is 9.78 Å². The van der Waals surface area contributed by atoms with Crippen LogP contribution < -0.4 is 5.32 Å². The molecule has 1 N–H and O–H groups in total. The number of hydrogen-bond acceptors (Lipinski definition) is 6. The molecular formula is C12H18N2O3S. The molecule has 2 rings (SSSR count). The van der Waals surface area contributed by atoms with Crippen LogP contribution in [-0.2, 0) is 15.9 Å². The van der Waals surface area contributed by atoms with Gasteiger partial charge in [-0.3, -0.25) is 0 Å². The van der Waals surface area contributed by atoms with Gasteiger partial charge in [-0.2, -0.15) is 0 Å². The van der Waals surface area contributed by atoms with Crippen LogP contribution in [0, 0.1) is 0 Å². The van der Waals surface area contributed by atoms with Crippen molar-refractivity contribution < 1.29 is 14.3 Å². The van der Waals surface area contributed by atoms with Gasteiger partial charge < -0.3 is 14.8 Å². The molecule has 1 fully saturated rings. The molecule has 1 aliphatic heterocycles. The van der Waals surface area contributed by atoms with Gasteiger partial charge in [0.2, 0.25) is 0 Å². The summed E-state index contributed by atoms with van der Waals surface area (Å²) in [5, 5.41) is 4.12. The molecule has 0 radical (unpaired) electrons. The molecule has 1 unspecified atom stereocenters. The summed E-state index contributed by atoms with van der Waals surface area (Å²) in [7, 11) is 0. The molecule has 1 aliphatic rings. The number of morpholine rings is 1. The molecule has 2 heterocycles. The summed E-state index contributed by atoms with van der Waals surface area (Å²) < 4.78 is 10.7. The highest BCUT2D eigenvalue weighted by molar-refractivity contribution is 7.13. The molecule has 1 atom stereocenters. The Balaban J connectivity index is 2.19. The maximum absolute atomic E-state index is 11.8. The van der Waals surface area contributed by atoms with E-state index in [9.17, 15) is 4.79 Å². The highest BCUT2D eigenvalue weighted by atomic mass is 32.1. The van der Waals surface area contributed by atoms with E-state index in [0.29, 0.717) is 18.1 Å². The smallest absolute Gasteiger partial charge is 0.350 e. The molecule has 100 valence electrons. The predicted molar refractivity (Wildman–Crippen MR) is 69.0 cm³/mol. The fourth-order valence-electron chi connectivity index (χ4n) is 1.83. The molecule has 0 amide bonds. The molecule has 1 saturated heterocycles. The Morgan fingerprint density at radius 3 is 3.06 bits per heavy atom. The average molecular weight is 270 g/mol. The Bertz CT molecular complexity index is 413. The number of aryl methyl sites for hydroxylation is 1. The number of esters is 1. The third-order valence-electron chi connectivity index (χ3n) is 2.71. The summed E-state index contributed by atoms with van der Waals surface area (Å²) in [6.45, 7) is 6.48. The first-order chi connectivity index (χ1) is 8.76. The number of aromatic nitrogens is 1. The van der Waals surface area contributed by atoms with Crippen molar-refractivity contribution >= 4 is 17.3 Å². The maximum Gasteiger partial charge on any atom is 0.350 e. The number of carbonyl (C=O) groups is 1. The molecule has 0 saturated carbocycles. The van der Waals surface area contributed by atoms with Gasteiger partial charge in [-0.1, -0.05) is 6.92 Å². The fraction of sp³-hybridized carbons (Fsp3) is 0.667. The lowest BCUT2D eigenvalue weighted by atomic mass is 10.3. The zero-order valence-corrected chi connectivity index (χ0v) is 11.5. The second-order valence-corrected chi connectivity index (χ2v) is 5.00. The van der Waals surface area contributed by atoms with Crippen molar-refractivity contribution in [1.29, 1.82) is 0 Å². The van der Waals surface area contributed by atoms with Crippen LogP contribution in [-0.4, -0.2) is 37.3 Å². The Morgan fingerprint density at radius 2 is 2.44 bits per heavy atom. The molecule has 1 aromatic heterocycles. The van der Waals surface area contributed by atoms with E-state index in [0.717, 1.165) is 30.2 Å². The normalized spacial score (nSPS) is 19.8. The summed E-state index contributed by atoms with van der Waals surface area (Å²) in [5.74, 6) is -0.276. The van der Waals surface area contributed by atoms with Gasteiger partial charge in [0, 0.05) is 13.1 Å². The fourth-order valence-corrected chi connectivity index (χ4v) is 2.93.